The molecule has 7 heteroatoms. The molecule has 0 unspecified atom stereocenters. The third-order valence-electron chi connectivity index (χ3n) is 4.03. The van der Waals surface area contributed by atoms with Crippen LogP contribution in [0.5, 0.6) is 5.75 Å². The Hall–Kier alpha value is -3.19. The van der Waals surface area contributed by atoms with E-state index in [-0.39, 0.29) is 5.91 Å². The first-order chi connectivity index (χ1) is 12.6. The van der Waals surface area contributed by atoms with Crippen LogP contribution in [0.15, 0.2) is 55.0 Å². The van der Waals surface area contributed by atoms with Crippen molar-refractivity contribution >= 4 is 28.0 Å². The fourth-order valence-electron chi connectivity index (χ4n) is 2.69. The van der Waals surface area contributed by atoms with Gasteiger partial charge in [0.15, 0.2) is 5.13 Å². The molecule has 6 nitrogen and oxygen atoms in total. The Balaban J connectivity index is 1.57. The molecule has 3 heterocycles. The molecule has 4 rings (SSSR count). The van der Waals surface area contributed by atoms with Crippen LogP contribution in [0.25, 0.3) is 16.9 Å². The number of hydrogen-bond acceptors (Lipinski definition) is 5. The predicted molar refractivity (Wildman–Crippen MR) is 102 cm³/mol. The molecule has 130 valence electrons. The van der Waals surface area contributed by atoms with Crippen molar-refractivity contribution in [3.05, 3.63) is 65.4 Å². The second-order valence-electron chi connectivity index (χ2n) is 5.72. The third-order valence-corrected chi connectivity index (χ3v) is 4.92. The molecular weight excluding hydrogens is 348 g/mol. The maximum atomic E-state index is 12.5. The SMILES string of the molecule is COc1ccc(-c2nc(NC(=O)c3ccc4nccn4c3)sc2C)cc1. The van der Waals surface area contributed by atoms with Crippen LogP contribution in [-0.2, 0) is 0 Å². The van der Waals surface area contributed by atoms with Crippen molar-refractivity contribution in [2.24, 2.45) is 0 Å². The van der Waals surface area contributed by atoms with Crippen LogP contribution < -0.4 is 10.1 Å². The van der Waals surface area contributed by atoms with E-state index in [9.17, 15) is 4.79 Å². The summed E-state index contributed by atoms with van der Waals surface area (Å²) in [7, 11) is 1.64. The zero-order chi connectivity index (χ0) is 18.1. The van der Waals surface area contributed by atoms with Crippen molar-refractivity contribution in [2.75, 3.05) is 12.4 Å². The minimum absolute atomic E-state index is 0.198. The number of carbonyl (C=O) groups is 1. The largest absolute Gasteiger partial charge is 0.497 e. The Labute approximate surface area is 154 Å². The number of carbonyl (C=O) groups excluding carboxylic acids is 1. The monoisotopic (exact) mass is 364 g/mol. The molecule has 0 atom stereocenters. The number of fused-ring (bicyclic) bond motifs is 1. The second kappa shape index (κ2) is 6.61. The summed E-state index contributed by atoms with van der Waals surface area (Å²) in [6.45, 7) is 1.99. The van der Waals surface area contributed by atoms with Crippen molar-refractivity contribution in [2.45, 2.75) is 6.92 Å². The van der Waals surface area contributed by atoms with E-state index < -0.39 is 0 Å². The number of thiazole rings is 1. The number of anilines is 1. The summed E-state index contributed by atoms with van der Waals surface area (Å²) in [5, 5.41) is 3.45. The van der Waals surface area contributed by atoms with Crippen molar-refractivity contribution in [3.8, 4) is 17.0 Å². The van der Waals surface area contributed by atoms with E-state index in [1.165, 1.54) is 11.3 Å². The first kappa shape index (κ1) is 16.3. The molecule has 0 fully saturated rings. The highest BCUT2D eigenvalue weighted by Gasteiger charge is 2.14. The van der Waals surface area contributed by atoms with Crippen molar-refractivity contribution in [1.29, 1.82) is 0 Å². The van der Waals surface area contributed by atoms with Gasteiger partial charge in [-0.15, -0.1) is 11.3 Å². The molecular formula is C19H16N4O2S. The second-order valence-corrected chi connectivity index (χ2v) is 6.92. The molecule has 0 saturated carbocycles. The Morgan fingerprint density at radius 3 is 2.77 bits per heavy atom. The van der Waals surface area contributed by atoms with E-state index in [1.807, 2.05) is 41.7 Å². The van der Waals surface area contributed by atoms with E-state index >= 15 is 0 Å². The number of aryl methyl sites for hydroxylation is 1. The molecule has 0 radical (unpaired) electrons. The van der Waals surface area contributed by atoms with Gasteiger partial charge >= 0.3 is 0 Å². The van der Waals surface area contributed by atoms with Gasteiger partial charge in [-0.3, -0.25) is 10.1 Å². The van der Waals surface area contributed by atoms with E-state index in [1.54, 1.807) is 31.8 Å². The van der Waals surface area contributed by atoms with Crippen LogP contribution in [0.2, 0.25) is 0 Å². The normalized spacial score (nSPS) is 10.8. The van der Waals surface area contributed by atoms with Gasteiger partial charge in [-0.2, -0.15) is 0 Å². The van der Waals surface area contributed by atoms with Crippen LogP contribution in [0, 0.1) is 6.92 Å². The fourth-order valence-corrected chi connectivity index (χ4v) is 3.52. The molecule has 1 N–H and O–H groups in total. The molecule has 1 aromatic carbocycles. The molecule has 0 aliphatic rings. The maximum Gasteiger partial charge on any atom is 0.258 e. The fraction of sp³-hybridized carbons (Fsp3) is 0.105. The quantitative estimate of drug-likeness (QED) is 0.594. The topological polar surface area (TPSA) is 68.5 Å². The number of ether oxygens (including phenoxy) is 1. The zero-order valence-electron chi connectivity index (χ0n) is 14.3. The number of methoxy groups -OCH3 is 1. The zero-order valence-corrected chi connectivity index (χ0v) is 15.1. The van der Waals surface area contributed by atoms with Crippen molar-refractivity contribution in [3.63, 3.8) is 0 Å². The number of rotatable bonds is 4. The molecule has 0 saturated heterocycles. The Morgan fingerprint density at radius 2 is 2.00 bits per heavy atom. The standard InChI is InChI=1S/C19H16N4O2S/c1-12-17(13-3-6-15(25-2)7-4-13)21-19(26-12)22-18(24)14-5-8-16-20-9-10-23(16)11-14/h3-11H,1-2H3,(H,21,22,24). The lowest BCUT2D eigenvalue weighted by molar-refractivity contribution is 0.102. The lowest BCUT2D eigenvalue weighted by Gasteiger charge is -2.03. The van der Waals surface area contributed by atoms with Gasteiger partial charge < -0.3 is 9.14 Å². The van der Waals surface area contributed by atoms with Gasteiger partial charge in [0, 0.05) is 29.0 Å². The van der Waals surface area contributed by atoms with Crippen LogP contribution in [-0.4, -0.2) is 27.4 Å². The van der Waals surface area contributed by atoms with Crippen LogP contribution in [0.3, 0.4) is 0 Å². The molecule has 1 amide bonds. The van der Waals surface area contributed by atoms with Crippen LogP contribution in [0.1, 0.15) is 15.2 Å². The minimum Gasteiger partial charge on any atom is -0.497 e. The van der Waals surface area contributed by atoms with E-state index in [0.29, 0.717) is 10.7 Å². The Morgan fingerprint density at radius 1 is 1.19 bits per heavy atom. The number of benzene rings is 1. The van der Waals surface area contributed by atoms with Crippen LogP contribution >= 0.6 is 11.3 Å². The smallest absolute Gasteiger partial charge is 0.258 e. The summed E-state index contributed by atoms with van der Waals surface area (Å²) < 4.78 is 7.00. The summed E-state index contributed by atoms with van der Waals surface area (Å²) >= 11 is 1.45. The highest BCUT2D eigenvalue weighted by atomic mass is 32.1. The average Bonchev–Trinajstić information content (AvgIpc) is 3.27. The van der Waals surface area contributed by atoms with Gasteiger partial charge in [-0.05, 0) is 43.3 Å². The lowest BCUT2D eigenvalue weighted by Crippen LogP contribution is -2.12. The number of nitrogens with zero attached hydrogens (tertiary/aromatic N) is 3. The van der Waals surface area contributed by atoms with Gasteiger partial charge in [0.05, 0.1) is 18.4 Å². The molecule has 0 bridgehead atoms. The van der Waals surface area contributed by atoms with Gasteiger partial charge in [-0.25, -0.2) is 9.97 Å². The molecule has 3 aromatic heterocycles. The van der Waals surface area contributed by atoms with Gasteiger partial charge in [0.2, 0.25) is 0 Å². The number of imidazole rings is 1. The Kier molecular flexibility index (Phi) is 4.14. The highest BCUT2D eigenvalue weighted by molar-refractivity contribution is 7.16. The highest BCUT2D eigenvalue weighted by Crippen LogP contribution is 2.31. The van der Waals surface area contributed by atoms with E-state index in [4.69, 9.17) is 4.74 Å². The Bertz CT molecular complexity index is 1080. The average molecular weight is 364 g/mol. The van der Waals surface area contributed by atoms with Crippen molar-refractivity contribution < 1.29 is 9.53 Å². The molecule has 0 spiro atoms. The summed E-state index contributed by atoms with van der Waals surface area (Å²) in [5.41, 5.74) is 3.20. The molecule has 0 aliphatic heterocycles. The number of aromatic nitrogens is 3. The van der Waals surface area contributed by atoms with E-state index in [0.717, 1.165) is 27.5 Å². The molecule has 26 heavy (non-hydrogen) atoms. The summed E-state index contributed by atoms with van der Waals surface area (Å²) in [6.07, 6.45) is 5.26. The number of pyridine rings is 1. The predicted octanol–water partition coefficient (Wildman–Crippen LogP) is 4.03. The number of hydrogen-bond donors (Lipinski definition) is 1. The van der Waals surface area contributed by atoms with Crippen LogP contribution in [0.4, 0.5) is 5.13 Å². The van der Waals surface area contributed by atoms with Gasteiger partial charge in [0.25, 0.3) is 5.91 Å². The van der Waals surface area contributed by atoms with Gasteiger partial charge in [0.1, 0.15) is 11.4 Å². The molecule has 4 aromatic rings. The first-order valence-electron chi connectivity index (χ1n) is 8.00. The van der Waals surface area contributed by atoms with E-state index in [2.05, 4.69) is 15.3 Å². The first-order valence-corrected chi connectivity index (χ1v) is 8.81. The third kappa shape index (κ3) is 3.04. The lowest BCUT2D eigenvalue weighted by atomic mass is 10.1. The summed E-state index contributed by atoms with van der Waals surface area (Å²) in [4.78, 5) is 22.3. The number of nitrogens with one attached hydrogen (secondary N) is 1. The maximum absolute atomic E-state index is 12.5. The minimum atomic E-state index is -0.198. The van der Waals surface area contributed by atoms with Gasteiger partial charge in [-0.1, -0.05) is 0 Å². The van der Waals surface area contributed by atoms with Crippen molar-refractivity contribution in [1.82, 2.24) is 14.4 Å². The summed E-state index contributed by atoms with van der Waals surface area (Å²) in [6, 6.07) is 11.3. The molecule has 0 aliphatic carbocycles. The summed E-state index contributed by atoms with van der Waals surface area (Å²) in [5.74, 6) is 0.598. The number of amides is 1.